The van der Waals surface area contributed by atoms with Crippen LogP contribution in [0, 0.1) is 0 Å². The highest BCUT2D eigenvalue weighted by Gasteiger charge is 2.01. The predicted octanol–water partition coefficient (Wildman–Crippen LogP) is 2.91. The molecule has 0 aliphatic heterocycles. The molecule has 1 N–H and O–H groups in total. The molecule has 0 unspecified atom stereocenters. The molecule has 2 nitrogen and oxygen atoms in total. The topological polar surface area (TPSA) is 21.3 Å². The van der Waals surface area contributed by atoms with Crippen LogP contribution in [0.1, 0.15) is 5.56 Å². The average molecular weight is 259 g/mol. The van der Waals surface area contributed by atoms with Gasteiger partial charge in [0.2, 0.25) is 0 Å². The molecule has 0 radical (unpaired) electrons. The van der Waals surface area contributed by atoms with E-state index in [1.165, 1.54) is 0 Å². The molecule has 0 heterocycles. The van der Waals surface area contributed by atoms with E-state index in [4.69, 9.17) is 16.3 Å². The molecule has 0 aromatic heterocycles. The Morgan fingerprint density at radius 1 is 1.36 bits per heavy atom. The molecule has 0 fully saturated rings. The fourth-order valence-electron chi connectivity index (χ4n) is 1.08. The first-order chi connectivity index (χ1) is 5.77. The average Bonchev–Trinajstić information content (AvgIpc) is 2.05. The molecule has 14 heavy (non-hydrogen) atoms. The smallest absolute Gasteiger partial charge is 0.123 e. The number of ether oxygens (including phenoxy) is 1. The Morgan fingerprint density at radius 3 is 2.50 bits per heavy atom. The lowest BCUT2D eigenvalue weighted by Gasteiger charge is -2.07. The summed E-state index contributed by atoms with van der Waals surface area (Å²) in [5, 5.41) is 3.78. The van der Waals surface area contributed by atoms with Gasteiger partial charge in [0.1, 0.15) is 5.75 Å². The van der Waals surface area contributed by atoms with E-state index in [1.807, 2.05) is 25.2 Å². The molecule has 0 atom stereocenters. The van der Waals surface area contributed by atoms with Crippen LogP contribution < -0.4 is 10.1 Å². The van der Waals surface area contributed by atoms with Gasteiger partial charge in [0.05, 0.1) is 7.11 Å². The normalized spacial score (nSPS) is 8.50. The molecular formula is C9H14Cl3NO. The van der Waals surface area contributed by atoms with Crippen LogP contribution in [0.4, 0.5) is 0 Å². The Kier molecular flexibility index (Phi) is 9.52. The molecule has 1 rings (SSSR count). The van der Waals surface area contributed by atoms with E-state index in [0.717, 1.165) is 22.9 Å². The number of benzene rings is 1. The minimum atomic E-state index is 0. The first-order valence-corrected chi connectivity index (χ1v) is 4.12. The molecule has 0 aliphatic rings. The molecule has 1 aromatic rings. The third-order valence-electron chi connectivity index (χ3n) is 1.61. The van der Waals surface area contributed by atoms with Crippen molar-refractivity contribution in [3.8, 4) is 5.75 Å². The van der Waals surface area contributed by atoms with Crippen LogP contribution >= 0.6 is 36.4 Å². The largest absolute Gasteiger partial charge is 0.496 e. The highest BCUT2D eigenvalue weighted by molar-refractivity contribution is 6.30. The van der Waals surface area contributed by atoms with Gasteiger partial charge < -0.3 is 10.1 Å². The standard InChI is InChI=1S/C9H12ClNO.2ClH/c1-11-6-7-5-8(10)3-4-9(7)12-2;;/h3-5,11H,6H2,1-2H3;2*1H. The number of hydrogen-bond acceptors (Lipinski definition) is 2. The molecule has 1 aromatic carbocycles. The van der Waals surface area contributed by atoms with Gasteiger partial charge in [-0.15, -0.1) is 24.8 Å². The van der Waals surface area contributed by atoms with Gasteiger partial charge in [-0.05, 0) is 25.2 Å². The molecule has 82 valence electrons. The van der Waals surface area contributed by atoms with Crippen molar-refractivity contribution in [3.63, 3.8) is 0 Å². The minimum Gasteiger partial charge on any atom is -0.496 e. The van der Waals surface area contributed by atoms with Crippen molar-refractivity contribution < 1.29 is 4.74 Å². The van der Waals surface area contributed by atoms with Crippen LogP contribution in [0.3, 0.4) is 0 Å². The predicted molar refractivity (Wildman–Crippen MR) is 65.3 cm³/mol. The highest BCUT2D eigenvalue weighted by Crippen LogP contribution is 2.21. The van der Waals surface area contributed by atoms with Crippen LogP contribution in [0.25, 0.3) is 0 Å². The van der Waals surface area contributed by atoms with Crippen LogP contribution in [0.5, 0.6) is 5.75 Å². The Hall–Kier alpha value is -0.150. The number of hydrogen-bond donors (Lipinski definition) is 1. The van der Waals surface area contributed by atoms with E-state index in [-0.39, 0.29) is 24.8 Å². The number of nitrogens with one attached hydrogen (secondary N) is 1. The number of rotatable bonds is 3. The summed E-state index contributed by atoms with van der Waals surface area (Å²) in [5.41, 5.74) is 1.08. The van der Waals surface area contributed by atoms with E-state index >= 15 is 0 Å². The fourth-order valence-corrected chi connectivity index (χ4v) is 1.27. The summed E-state index contributed by atoms with van der Waals surface area (Å²) in [7, 11) is 3.54. The van der Waals surface area contributed by atoms with Crippen LogP contribution in [0.15, 0.2) is 18.2 Å². The summed E-state index contributed by atoms with van der Waals surface area (Å²) in [4.78, 5) is 0. The van der Waals surface area contributed by atoms with Crippen molar-refractivity contribution in [3.05, 3.63) is 28.8 Å². The van der Waals surface area contributed by atoms with Crippen molar-refractivity contribution in [1.82, 2.24) is 5.32 Å². The van der Waals surface area contributed by atoms with E-state index < -0.39 is 0 Å². The summed E-state index contributed by atoms with van der Waals surface area (Å²) < 4.78 is 5.15. The molecule has 0 amide bonds. The lowest BCUT2D eigenvalue weighted by molar-refractivity contribution is 0.408. The molecular weight excluding hydrogens is 244 g/mol. The second-order valence-corrected chi connectivity index (χ2v) is 2.92. The molecule has 0 saturated heterocycles. The first-order valence-electron chi connectivity index (χ1n) is 3.75. The first kappa shape index (κ1) is 16.3. The number of halogens is 3. The summed E-state index contributed by atoms with van der Waals surface area (Å²) in [5.74, 6) is 0.869. The zero-order chi connectivity index (χ0) is 8.97. The van der Waals surface area contributed by atoms with Crippen LogP contribution in [0.2, 0.25) is 5.02 Å². The van der Waals surface area contributed by atoms with E-state index in [2.05, 4.69) is 5.32 Å². The van der Waals surface area contributed by atoms with Gasteiger partial charge in [0.15, 0.2) is 0 Å². The minimum absolute atomic E-state index is 0. The van der Waals surface area contributed by atoms with E-state index in [1.54, 1.807) is 7.11 Å². The van der Waals surface area contributed by atoms with Crippen molar-refractivity contribution in [2.75, 3.05) is 14.2 Å². The van der Waals surface area contributed by atoms with Crippen LogP contribution in [-0.4, -0.2) is 14.2 Å². The third kappa shape index (κ3) is 4.38. The van der Waals surface area contributed by atoms with Crippen molar-refractivity contribution in [2.45, 2.75) is 6.54 Å². The number of methoxy groups -OCH3 is 1. The molecule has 0 aliphatic carbocycles. The second kappa shape index (κ2) is 8.18. The van der Waals surface area contributed by atoms with Gasteiger partial charge >= 0.3 is 0 Å². The zero-order valence-electron chi connectivity index (χ0n) is 8.04. The lowest BCUT2D eigenvalue weighted by atomic mass is 10.2. The van der Waals surface area contributed by atoms with Crippen molar-refractivity contribution in [2.24, 2.45) is 0 Å². The van der Waals surface area contributed by atoms with Gasteiger partial charge in [-0.1, -0.05) is 11.6 Å². The summed E-state index contributed by atoms with van der Waals surface area (Å²) in [6.07, 6.45) is 0. The van der Waals surface area contributed by atoms with Gasteiger partial charge in [-0.25, -0.2) is 0 Å². The van der Waals surface area contributed by atoms with Crippen LogP contribution in [-0.2, 0) is 6.54 Å². The summed E-state index contributed by atoms with van der Waals surface area (Å²) >= 11 is 5.83. The Balaban J connectivity index is 0. The Bertz CT molecular complexity index is 268. The third-order valence-corrected chi connectivity index (χ3v) is 1.84. The van der Waals surface area contributed by atoms with E-state index in [0.29, 0.717) is 0 Å². The molecule has 0 spiro atoms. The van der Waals surface area contributed by atoms with Gasteiger partial charge in [-0.3, -0.25) is 0 Å². The maximum absolute atomic E-state index is 5.83. The lowest BCUT2D eigenvalue weighted by Crippen LogP contribution is -2.06. The monoisotopic (exact) mass is 257 g/mol. The highest BCUT2D eigenvalue weighted by atomic mass is 35.5. The van der Waals surface area contributed by atoms with Crippen molar-refractivity contribution >= 4 is 36.4 Å². The second-order valence-electron chi connectivity index (χ2n) is 2.49. The molecule has 5 heteroatoms. The van der Waals surface area contributed by atoms with E-state index in [9.17, 15) is 0 Å². The fraction of sp³-hybridized carbons (Fsp3) is 0.333. The quantitative estimate of drug-likeness (QED) is 0.900. The Morgan fingerprint density at radius 2 is 2.00 bits per heavy atom. The van der Waals surface area contributed by atoms with Gasteiger partial charge in [0, 0.05) is 17.1 Å². The Labute approximate surface area is 102 Å². The maximum Gasteiger partial charge on any atom is 0.123 e. The summed E-state index contributed by atoms with van der Waals surface area (Å²) in [6, 6.07) is 5.59. The maximum atomic E-state index is 5.83. The van der Waals surface area contributed by atoms with Gasteiger partial charge in [-0.2, -0.15) is 0 Å². The molecule has 0 saturated carbocycles. The zero-order valence-corrected chi connectivity index (χ0v) is 10.4. The summed E-state index contributed by atoms with van der Waals surface area (Å²) in [6.45, 7) is 0.768. The van der Waals surface area contributed by atoms with Gasteiger partial charge in [0.25, 0.3) is 0 Å². The SMILES string of the molecule is CNCc1cc(Cl)ccc1OC.Cl.Cl. The molecule has 0 bridgehead atoms. The van der Waals surface area contributed by atoms with Crippen molar-refractivity contribution in [1.29, 1.82) is 0 Å².